The molecule has 0 spiro atoms. The van der Waals surface area contributed by atoms with Gasteiger partial charge in [-0.05, 0) is 42.7 Å². The second kappa shape index (κ2) is 5.32. The molecule has 0 heterocycles. The van der Waals surface area contributed by atoms with E-state index in [0.717, 1.165) is 17.7 Å². The highest BCUT2D eigenvalue weighted by molar-refractivity contribution is 6.30. The number of halogens is 4. The first kappa shape index (κ1) is 14.9. The van der Waals surface area contributed by atoms with E-state index in [2.05, 4.69) is 5.32 Å². The van der Waals surface area contributed by atoms with E-state index in [9.17, 15) is 18.0 Å². The van der Waals surface area contributed by atoms with Gasteiger partial charge in [-0.2, -0.15) is 0 Å². The first-order valence-corrected chi connectivity index (χ1v) is 7.03. The number of hydrogen-bond acceptors (Lipinski definition) is 1. The van der Waals surface area contributed by atoms with Gasteiger partial charge in [-0.15, -0.1) is 0 Å². The topological polar surface area (TPSA) is 29.1 Å². The molecule has 1 saturated carbocycles. The van der Waals surface area contributed by atoms with Gasteiger partial charge in [-0.1, -0.05) is 23.7 Å². The van der Waals surface area contributed by atoms with Crippen molar-refractivity contribution in [2.24, 2.45) is 0 Å². The molecule has 1 aliphatic carbocycles. The molecule has 0 bridgehead atoms. The Hall–Kier alpha value is -2.01. The second-order valence-electron chi connectivity index (χ2n) is 5.27. The van der Waals surface area contributed by atoms with Crippen molar-refractivity contribution in [3.63, 3.8) is 0 Å². The Kier molecular flexibility index (Phi) is 3.60. The predicted octanol–water partition coefficient (Wildman–Crippen LogP) is 4.43. The Morgan fingerprint density at radius 1 is 1.00 bits per heavy atom. The Balaban J connectivity index is 1.86. The average Bonchev–Trinajstić information content (AvgIpc) is 3.30. The van der Waals surface area contributed by atoms with Crippen LogP contribution in [0.25, 0.3) is 0 Å². The maximum Gasteiger partial charge on any atom is 0.235 e. The van der Waals surface area contributed by atoms with E-state index in [-0.39, 0.29) is 5.69 Å². The number of anilines is 1. The van der Waals surface area contributed by atoms with Gasteiger partial charge in [-0.25, -0.2) is 13.2 Å². The zero-order valence-corrected chi connectivity index (χ0v) is 12.1. The van der Waals surface area contributed by atoms with Crippen LogP contribution >= 0.6 is 11.6 Å². The predicted molar refractivity (Wildman–Crippen MR) is 77.3 cm³/mol. The number of amides is 1. The number of hydrogen-bond donors (Lipinski definition) is 1. The fourth-order valence-corrected chi connectivity index (χ4v) is 2.53. The molecule has 0 atom stereocenters. The lowest BCUT2D eigenvalue weighted by Crippen LogP contribution is -2.28. The summed E-state index contributed by atoms with van der Waals surface area (Å²) >= 11 is 5.82. The standard InChI is InChI=1S/C16H11ClF3NO/c17-10-3-1-9(2-4-10)16(7-8-16)15(22)21-12-6-5-11(18)13(19)14(12)20/h1-6H,7-8H2,(H,21,22). The average molecular weight is 326 g/mol. The summed E-state index contributed by atoms with van der Waals surface area (Å²) in [7, 11) is 0. The third-order valence-corrected chi connectivity index (χ3v) is 4.12. The van der Waals surface area contributed by atoms with Crippen molar-refractivity contribution in [3.8, 4) is 0 Å². The minimum Gasteiger partial charge on any atom is -0.323 e. The summed E-state index contributed by atoms with van der Waals surface area (Å²) in [5, 5.41) is 2.89. The largest absolute Gasteiger partial charge is 0.323 e. The van der Waals surface area contributed by atoms with E-state index in [1.165, 1.54) is 0 Å². The molecule has 2 aromatic carbocycles. The minimum absolute atomic E-state index is 0.371. The van der Waals surface area contributed by atoms with Crippen molar-refractivity contribution in [2.75, 3.05) is 5.32 Å². The lowest BCUT2D eigenvalue weighted by molar-refractivity contribution is -0.118. The fourth-order valence-electron chi connectivity index (χ4n) is 2.41. The van der Waals surface area contributed by atoms with E-state index >= 15 is 0 Å². The van der Waals surface area contributed by atoms with Crippen molar-refractivity contribution in [3.05, 3.63) is 64.4 Å². The van der Waals surface area contributed by atoms with Crippen LogP contribution in [0.4, 0.5) is 18.9 Å². The summed E-state index contributed by atoms with van der Waals surface area (Å²) in [6, 6.07) is 8.58. The number of rotatable bonds is 3. The highest BCUT2D eigenvalue weighted by atomic mass is 35.5. The molecule has 6 heteroatoms. The van der Waals surface area contributed by atoms with E-state index in [0.29, 0.717) is 17.9 Å². The zero-order valence-electron chi connectivity index (χ0n) is 11.3. The summed E-state index contributed by atoms with van der Waals surface area (Å²) in [5.74, 6) is -4.75. The molecule has 2 aromatic rings. The van der Waals surface area contributed by atoms with Gasteiger partial charge in [0.25, 0.3) is 0 Å². The Morgan fingerprint density at radius 3 is 2.23 bits per heavy atom. The fraction of sp³-hybridized carbons (Fsp3) is 0.188. The van der Waals surface area contributed by atoms with Crippen LogP contribution < -0.4 is 5.32 Å². The summed E-state index contributed by atoms with van der Waals surface area (Å²) in [6.45, 7) is 0. The maximum atomic E-state index is 13.6. The summed E-state index contributed by atoms with van der Waals surface area (Å²) in [5.41, 5.74) is -0.372. The van der Waals surface area contributed by atoms with Gasteiger partial charge in [0, 0.05) is 5.02 Å². The number of carbonyl (C=O) groups is 1. The van der Waals surface area contributed by atoms with Gasteiger partial charge >= 0.3 is 0 Å². The van der Waals surface area contributed by atoms with Crippen LogP contribution in [0.2, 0.25) is 5.02 Å². The van der Waals surface area contributed by atoms with Crippen LogP contribution in [-0.2, 0) is 10.2 Å². The molecule has 114 valence electrons. The molecule has 0 radical (unpaired) electrons. The van der Waals surface area contributed by atoms with Crippen LogP contribution in [0.1, 0.15) is 18.4 Å². The monoisotopic (exact) mass is 325 g/mol. The SMILES string of the molecule is O=C(Nc1ccc(F)c(F)c1F)C1(c2ccc(Cl)cc2)CC1. The molecule has 3 rings (SSSR count). The van der Waals surface area contributed by atoms with E-state index < -0.39 is 28.8 Å². The molecule has 1 N–H and O–H groups in total. The van der Waals surface area contributed by atoms with Gasteiger partial charge in [0.1, 0.15) is 0 Å². The first-order valence-electron chi connectivity index (χ1n) is 6.65. The molecule has 1 aliphatic rings. The Labute approximate surface area is 129 Å². The molecule has 0 unspecified atom stereocenters. The van der Waals surface area contributed by atoms with E-state index in [1.54, 1.807) is 24.3 Å². The third kappa shape index (κ3) is 2.46. The first-order chi connectivity index (χ1) is 10.4. The van der Waals surface area contributed by atoms with Gasteiger partial charge in [0.2, 0.25) is 5.91 Å². The molecule has 22 heavy (non-hydrogen) atoms. The molecular formula is C16H11ClF3NO. The Bertz CT molecular complexity index is 742. The summed E-state index contributed by atoms with van der Waals surface area (Å²) in [4.78, 5) is 12.4. The highest BCUT2D eigenvalue weighted by Gasteiger charge is 2.51. The minimum atomic E-state index is -1.60. The Morgan fingerprint density at radius 2 is 1.64 bits per heavy atom. The summed E-state index contributed by atoms with van der Waals surface area (Å²) in [6.07, 6.45) is 1.21. The van der Waals surface area contributed by atoms with Crippen molar-refractivity contribution >= 4 is 23.2 Å². The molecular weight excluding hydrogens is 315 g/mol. The summed E-state index contributed by atoms with van der Waals surface area (Å²) < 4.78 is 39.8. The molecule has 0 saturated heterocycles. The van der Waals surface area contributed by atoms with Crippen LogP contribution in [0, 0.1) is 17.5 Å². The van der Waals surface area contributed by atoms with Crippen molar-refractivity contribution < 1.29 is 18.0 Å². The number of benzene rings is 2. The van der Waals surface area contributed by atoms with E-state index in [4.69, 9.17) is 11.6 Å². The van der Waals surface area contributed by atoms with Crippen LogP contribution in [0.3, 0.4) is 0 Å². The smallest absolute Gasteiger partial charge is 0.235 e. The quantitative estimate of drug-likeness (QED) is 0.831. The second-order valence-corrected chi connectivity index (χ2v) is 5.70. The van der Waals surface area contributed by atoms with Crippen molar-refractivity contribution in [2.45, 2.75) is 18.3 Å². The van der Waals surface area contributed by atoms with Crippen LogP contribution in [-0.4, -0.2) is 5.91 Å². The van der Waals surface area contributed by atoms with Crippen LogP contribution in [0.5, 0.6) is 0 Å². The van der Waals surface area contributed by atoms with Gasteiger partial charge in [0.15, 0.2) is 17.5 Å². The molecule has 2 nitrogen and oxygen atoms in total. The molecule has 1 amide bonds. The highest BCUT2D eigenvalue weighted by Crippen LogP contribution is 2.49. The zero-order chi connectivity index (χ0) is 15.9. The third-order valence-electron chi connectivity index (χ3n) is 3.86. The molecule has 0 aliphatic heterocycles. The molecule has 1 fully saturated rings. The normalized spacial score (nSPS) is 15.5. The maximum absolute atomic E-state index is 13.6. The van der Waals surface area contributed by atoms with Gasteiger partial charge in [0.05, 0.1) is 11.1 Å². The van der Waals surface area contributed by atoms with Crippen molar-refractivity contribution in [1.29, 1.82) is 0 Å². The van der Waals surface area contributed by atoms with Gasteiger partial charge in [-0.3, -0.25) is 4.79 Å². The lowest BCUT2D eigenvalue weighted by atomic mass is 9.95. The number of carbonyl (C=O) groups excluding carboxylic acids is 1. The van der Waals surface area contributed by atoms with Crippen LogP contribution in [0.15, 0.2) is 36.4 Å². The lowest BCUT2D eigenvalue weighted by Gasteiger charge is -2.16. The van der Waals surface area contributed by atoms with E-state index in [1.807, 2.05) is 0 Å². The van der Waals surface area contributed by atoms with Gasteiger partial charge < -0.3 is 5.32 Å². The number of nitrogens with one attached hydrogen (secondary N) is 1. The molecule has 0 aromatic heterocycles. The van der Waals surface area contributed by atoms with Crippen molar-refractivity contribution in [1.82, 2.24) is 0 Å².